The van der Waals surface area contributed by atoms with E-state index in [1.54, 1.807) is 7.11 Å². The van der Waals surface area contributed by atoms with Gasteiger partial charge in [0.1, 0.15) is 5.75 Å². The number of H-pyrrole nitrogens is 1. The van der Waals surface area contributed by atoms with Gasteiger partial charge in [0.2, 0.25) is 6.41 Å². The van der Waals surface area contributed by atoms with Crippen LogP contribution in [0, 0.1) is 0 Å². The molecule has 1 aromatic heterocycles. The van der Waals surface area contributed by atoms with Gasteiger partial charge < -0.3 is 14.6 Å². The first-order chi connectivity index (χ1) is 9.80. The molecule has 1 saturated heterocycles. The molecule has 0 aliphatic carbocycles. The van der Waals surface area contributed by atoms with Crippen molar-refractivity contribution in [2.75, 3.05) is 33.3 Å². The van der Waals surface area contributed by atoms with E-state index in [0.29, 0.717) is 0 Å². The minimum Gasteiger partial charge on any atom is -0.497 e. The third kappa shape index (κ3) is 2.49. The minimum atomic E-state index is 0.815. The van der Waals surface area contributed by atoms with Crippen molar-refractivity contribution in [1.82, 2.24) is 14.8 Å². The van der Waals surface area contributed by atoms with Crippen LogP contribution in [-0.2, 0) is 11.3 Å². The highest BCUT2D eigenvalue weighted by Gasteiger charge is 2.16. The molecule has 1 aromatic carbocycles. The summed E-state index contributed by atoms with van der Waals surface area (Å²) >= 11 is 0. The second-order valence-corrected chi connectivity index (χ2v) is 5.14. The van der Waals surface area contributed by atoms with Gasteiger partial charge in [-0.2, -0.15) is 0 Å². The normalized spacial score (nSPS) is 16.6. The lowest BCUT2D eigenvalue weighted by atomic mass is 10.1. The van der Waals surface area contributed by atoms with Gasteiger partial charge >= 0.3 is 0 Å². The molecule has 0 bridgehead atoms. The molecule has 1 N–H and O–H groups in total. The average Bonchev–Trinajstić information content (AvgIpc) is 2.90. The molecule has 1 aliphatic rings. The smallest absolute Gasteiger partial charge is 0.209 e. The third-order valence-corrected chi connectivity index (χ3v) is 3.92. The predicted octanol–water partition coefficient (Wildman–Crippen LogP) is 1.45. The van der Waals surface area contributed by atoms with Crippen LogP contribution >= 0.6 is 0 Å². The quantitative estimate of drug-likeness (QED) is 0.858. The summed E-state index contributed by atoms with van der Waals surface area (Å²) in [6.07, 6.45) is 3.00. The molecule has 0 unspecified atom stereocenters. The van der Waals surface area contributed by atoms with Crippen molar-refractivity contribution >= 4 is 17.3 Å². The molecule has 0 radical (unpaired) electrons. The Hall–Kier alpha value is -2.01. The van der Waals surface area contributed by atoms with Gasteiger partial charge in [0, 0.05) is 49.8 Å². The van der Waals surface area contributed by atoms with Gasteiger partial charge in [-0.3, -0.25) is 9.69 Å². The second kappa shape index (κ2) is 5.54. The van der Waals surface area contributed by atoms with Gasteiger partial charge in [-0.25, -0.2) is 0 Å². The number of hydrogen-bond donors (Lipinski definition) is 1. The average molecular weight is 273 g/mol. The van der Waals surface area contributed by atoms with Gasteiger partial charge in [0.15, 0.2) is 0 Å². The maximum Gasteiger partial charge on any atom is 0.209 e. The van der Waals surface area contributed by atoms with Crippen LogP contribution in [0.4, 0.5) is 0 Å². The molecule has 1 amide bonds. The highest BCUT2D eigenvalue weighted by molar-refractivity contribution is 5.84. The summed E-state index contributed by atoms with van der Waals surface area (Å²) in [6.45, 7) is 4.38. The van der Waals surface area contributed by atoms with Gasteiger partial charge in [-0.1, -0.05) is 0 Å². The number of nitrogens with one attached hydrogen (secondary N) is 1. The van der Waals surface area contributed by atoms with Crippen molar-refractivity contribution in [3.05, 3.63) is 30.0 Å². The maximum absolute atomic E-state index is 10.7. The fraction of sp³-hybridized carbons (Fsp3) is 0.400. The van der Waals surface area contributed by atoms with Crippen molar-refractivity contribution in [1.29, 1.82) is 0 Å². The van der Waals surface area contributed by atoms with E-state index in [2.05, 4.69) is 22.1 Å². The molecule has 0 saturated carbocycles. The Bertz CT molecular complexity index is 600. The summed E-state index contributed by atoms with van der Waals surface area (Å²) in [5.74, 6) is 0.879. The molecule has 1 aliphatic heterocycles. The zero-order valence-corrected chi connectivity index (χ0v) is 11.6. The van der Waals surface area contributed by atoms with Crippen LogP contribution in [0.1, 0.15) is 5.56 Å². The van der Waals surface area contributed by atoms with Crippen LogP contribution in [0.3, 0.4) is 0 Å². The van der Waals surface area contributed by atoms with Crippen molar-refractivity contribution in [3.8, 4) is 5.75 Å². The van der Waals surface area contributed by atoms with Crippen molar-refractivity contribution in [3.63, 3.8) is 0 Å². The van der Waals surface area contributed by atoms with Crippen LogP contribution < -0.4 is 4.74 Å². The molecular weight excluding hydrogens is 254 g/mol. The fourth-order valence-electron chi connectivity index (χ4n) is 2.68. The molecule has 106 valence electrons. The van der Waals surface area contributed by atoms with Crippen molar-refractivity contribution in [2.45, 2.75) is 6.54 Å². The van der Waals surface area contributed by atoms with Crippen molar-refractivity contribution in [2.24, 2.45) is 0 Å². The number of piperazine rings is 1. The number of carbonyl (C=O) groups excluding carboxylic acids is 1. The summed E-state index contributed by atoms with van der Waals surface area (Å²) in [4.78, 5) is 18.2. The number of methoxy groups -OCH3 is 1. The lowest BCUT2D eigenvalue weighted by Gasteiger charge is -2.32. The SMILES string of the molecule is COc1ccc2[nH]cc(CN3CCN(C=O)CC3)c2c1. The highest BCUT2D eigenvalue weighted by atomic mass is 16.5. The van der Waals surface area contributed by atoms with E-state index in [4.69, 9.17) is 4.74 Å². The number of aromatic nitrogens is 1. The molecular formula is C15H19N3O2. The Morgan fingerprint density at radius 1 is 1.30 bits per heavy atom. The Morgan fingerprint density at radius 3 is 2.80 bits per heavy atom. The van der Waals surface area contributed by atoms with Crippen LogP contribution in [0.15, 0.2) is 24.4 Å². The van der Waals surface area contributed by atoms with E-state index < -0.39 is 0 Å². The first kappa shape index (κ1) is 13.0. The van der Waals surface area contributed by atoms with Crippen molar-refractivity contribution < 1.29 is 9.53 Å². The molecule has 0 atom stereocenters. The summed E-state index contributed by atoms with van der Waals surface area (Å²) in [5.41, 5.74) is 2.41. The number of amides is 1. The summed E-state index contributed by atoms with van der Waals surface area (Å²) < 4.78 is 5.29. The number of benzene rings is 1. The van der Waals surface area contributed by atoms with Crippen LogP contribution in [0.5, 0.6) is 5.75 Å². The Labute approximate surface area is 118 Å². The number of aromatic amines is 1. The molecule has 1 fully saturated rings. The summed E-state index contributed by atoms with van der Waals surface area (Å²) in [5, 5.41) is 1.21. The number of carbonyl (C=O) groups is 1. The number of ether oxygens (including phenoxy) is 1. The first-order valence-electron chi connectivity index (χ1n) is 6.86. The lowest BCUT2D eigenvalue weighted by Crippen LogP contribution is -2.45. The largest absolute Gasteiger partial charge is 0.497 e. The molecule has 5 nitrogen and oxygen atoms in total. The standard InChI is InChI=1S/C15H19N3O2/c1-20-13-2-3-15-14(8-13)12(9-16-15)10-17-4-6-18(11-19)7-5-17/h2-3,8-9,11,16H,4-7,10H2,1H3. The van der Waals surface area contributed by atoms with E-state index >= 15 is 0 Å². The number of hydrogen-bond acceptors (Lipinski definition) is 3. The Morgan fingerprint density at radius 2 is 2.10 bits per heavy atom. The molecule has 0 spiro atoms. The van der Waals surface area contributed by atoms with Crippen LogP contribution in [-0.4, -0.2) is 54.5 Å². The maximum atomic E-state index is 10.7. The van der Waals surface area contributed by atoms with Gasteiger partial charge in [-0.05, 0) is 23.8 Å². The molecule has 3 rings (SSSR count). The zero-order valence-electron chi connectivity index (χ0n) is 11.6. The second-order valence-electron chi connectivity index (χ2n) is 5.14. The molecule has 20 heavy (non-hydrogen) atoms. The van der Waals surface area contributed by atoms with E-state index in [0.717, 1.165) is 50.4 Å². The lowest BCUT2D eigenvalue weighted by molar-refractivity contribution is -0.119. The molecule has 5 heteroatoms. The number of nitrogens with zero attached hydrogens (tertiary/aromatic N) is 2. The minimum absolute atomic E-state index is 0.815. The van der Waals surface area contributed by atoms with Crippen LogP contribution in [0.2, 0.25) is 0 Å². The fourth-order valence-corrected chi connectivity index (χ4v) is 2.68. The summed E-state index contributed by atoms with van der Waals surface area (Å²) in [6, 6.07) is 6.08. The van der Waals surface area contributed by atoms with E-state index in [-0.39, 0.29) is 0 Å². The first-order valence-corrected chi connectivity index (χ1v) is 6.86. The van der Waals surface area contributed by atoms with Crippen LogP contribution in [0.25, 0.3) is 10.9 Å². The number of rotatable bonds is 4. The Balaban J connectivity index is 1.76. The molecule has 2 aromatic rings. The van der Waals surface area contributed by atoms with Gasteiger partial charge in [0.25, 0.3) is 0 Å². The van der Waals surface area contributed by atoms with E-state index in [1.807, 2.05) is 17.0 Å². The monoisotopic (exact) mass is 273 g/mol. The zero-order chi connectivity index (χ0) is 13.9. The summed E-state index contributed by atoms with van der Waals surface area (Å²) in [7, 11) is 1.69. The predicted molar refractivity (Wildman–Crippen MR) is 77.8 cm³/mol. The highest BCUT2D eigenvalue weighted by Crippen LogP contribution is 2.24. The number of fused-ring (bicyclic) bond motifs is 1. The Kier molecular flexibility index (Phi) is 3.60. The third-order valence-electron chi connectivity index (χ3n) is 3.92. The van der Waals surface area contributed by atoms with Gasteiger partial charge in [0.05, 0.1) is 7.11 Å². The topological polar surface area (TPSA) is 48.6 Å². The van der Waals surface area contributed by atoms with E-state index in [9.17, 15) is 4.79 Å². The van der Waals surface area contributed by atoms with Gasteiger partial charge in [-0.15, -0.1) is 0 Å². The molecule has 2 heterocycles. The van der Waals surface area contributed by atoms with E-state index in [1.165, 1.54) is 10.9 Å².